The van der Waals surface area contributed by atoms with Crippen molar-refractivity contribution >= 4 is 29.0 Å². The highest BCUT2D eigenvalue weighted by Crippen LogP contribution is 2.32. The monoisotopic (exact) mass is 579 g/mol. The third-order valence-corrected chi connectivity index (χ3v) is 7.38. The molecule has 2 heterocycles. The lowest BCUT2D eigenvalue weighted by atomic mass is 10.0. The van der Waals surface area contributed by atoms with Crippen molar-refractivity contribution in [2.24, 2.45) is 5.92 Å². The Morgan fingerprint density at radius 3 is 2.67 bits per heavy atom. The molecule has 4 aromatic rings. The van der Waals surface area contributed by atoms with Crippen LogP contribution in [0.25, 0.3) is 5.82 Å². The van der Waals surface area contributed by atoms with Crippen LogP contribution in [0, 0.1) is 5.92 Å². The van der Waals surface area contributed by atoms with Crippen LogP contribution in [0.3, 0.4) is 0 Å². The largest absolute Gasteiger partial charge is 0.497 e. The Bertz CT molecular complexity index is 1530. The average molecular weight is 580 g/mol. The molecule has 5 rings (SSSR count). The van der Waals surface area contributed by atoms with Gasteiger partial charge in [-0.25, -0.2) is 15.0 Å². The molecule has 42 heavy (non-hydrogen) atoms. The molecular formula is C30H32F3N7O2. The maximum absolute atomic E-state index is 13.3. The van der Waals surface area contributed by atoms with Gasteiger partial charge < -0.3 is 20.3 Å². The molecule has 0 bridgehead atoms. The van der Waals surface area contributed by atoms with Crippen molar-refractivity contribution in [3.05, 3.63) is 78.4 Å². The summed E-state index contributed by atoms with van der Waals surface area (Å²) >= 11 is 0. The first kappa shape index (κ1) is 28.9. The molecule has 12 heteroatoms. The van der Waals surface area contributed by atoms with E-state index in [1.165, 1.54) is 64.4 Å². The number of aromatic nitrogens is 4. The molecule has 9 nitrogen and oxygen atoms in total. The van der Waals surface area contributed by atoms with E-state index in [1.807, 2.05) is 6.07 Å². The van der Waals surface area contributed by atoms with Crippen LogP contribution in [0.5, 0.6) is 5.75 Å². The molecule has 0 aliphatic heterocycles. The number of anilines is 4. The Hall–Kier alpha value is -4.61. The molecular weight excluding hydrogens is 547 g/mol. The summed E-state index contributed by atoms with van der Waals surface area (Å²) in [6, 6.07) is 11.3. The number of amides is 1. The predicted molar refractivity (Wildman–Crippen MR) is 155 cm³/mol. The van der Waals surface area contributed by atoms with Crippen LogP contribution in [0.2, 0.25) is 0 Å². The van der Waals surface area contributed by atoms with Crippen molar-refractivity contribution in [1.82, 2.24) is 19.5 Å². The van der Waals surface area contributed by atoms with Gasteiger partial charge >= 0.3 is 6.18 Å². The molecule has 2 N–H and O–H groups in total. The van der Waals surface area contributed by atoms with Crippen molar-refractivity contribution in [3.63, 3.8) is 0 Å². The van der Waals surface area contributed by atoms with E-state index >= 15 is 0 Å². The standard InChI is InChI=1S/C30H32F3N7O2/c1-39(24-9-5-8-22(16-24)30(31,32)33)28(41)21-14-23(17-25(15-21)42-2)38-29-35-12-13-40(29)27-18-26(36-19-37-27)34-11-10-20-6-3-4-7-20/h5,8-9,12-20H,3-4,6-7,10-11H2,1-2H3,(H,35,38)(H,34,36,37). The summed E-state index contributed by atoms with van der Waals surface area (Å²) < 4.78 is 46.8. The summed E-state index contributed by atoms with van der Waals surface area (Å²) in [7, 11) is 2.89. The van der Waals surface area contributed by atoms with Gasteiger partial charge in [0.1, 0.15) is 23.7 Å². The minimum absolute atomic E-state index is 0.110. The van der Waals surface area contributed by atoms with Crippen LogP contribution in [0.1, 0.15) is 48.0 Å². The van der Waals surface area contributed by atoms with Gasteiger partial charge in [0.25, 0.3) is 5.91 Å². The van der Waals surface area contributed by atoms with Gasteiger partial charge in [-0.3, -0.25) is 9.36 Å². The number of imidazole rings is 1. The van der Waals surface area contributed by atoms with Crippen molar-refractivity contribution < 1.29 is 22.7 Å². The highest BCUT2D eigenvalue weighted by Gasteiger charge is 2.31. The normalized spacial score (nSPS) is 13.6. The van der Waals surface area contributed by atoms with E-state index in [2.05, 4.69) is 25.6 Å². The van der Waals surface area contributed by atoms with Crippen LogP contribution >= 0.6 is 0 Å². The predicted octanol–water partition coefficient (Wildman–Crippen LogP) is 6.70. The molecule has 1 saturated carbocycles. The second-order valence-corrected chi connectivity index (χ2v) is 10.2. The number of benzene rings is 2. The van der Waals surface area contributed by atoms with E-state index in [0.717, 1.165) is 35.9 Å². The third kappa shape index (κ3) is 6.81. The Labute approximate surface area is 241 Å². The fourth-order valence-corrected chi connectivity index (χ4v) is 5.10. The van der Waals surface area contributed by atoms with Gasteiger partial charge in [0.2, 0.25) is 5.95 Å². The van der Waals surface area contributed by atoms with Crippen molar-refractivity contribution in [1.29, 1.82) is 0 Å². The number of carbonyl (C=O) groups excluding carboxylic acids is 1. The van der Waals surface area contributed by atoms with Crippen LogP contribution in [-0.4, -0.2) is 46.1 Å². The van der Waals surface area contributed by atoms with E-state index in [4.69, 9.17) is 4.74 Å². The third-order valence-electron chi connectivity index (χ3n) is 7.38. The SMILES string of the molecule is COc1cc(Nc2nccn2-c2cc(NCCC3CCCC3)ncn2)cc(C(=O)N(C)c2cccc(C(F)(F)F)c2)c1. The molecule has 2 aromatic carbocycles. The van der Waals surface area contributed by atoms with E-state index < -0.39 is 17.6 Å². The molecule has 1 amide bonds. The number of hydrogen-bond donors (Lipinski definition) is 2. The Morgan fingerprint density at radius 2 is 1.90 bits per heavy atom. The molecule has 0 radical (unpaired) electrons. The number of nitrogens with zero attached hydrogens (tertiary/aromatic N) is 5. The first-order valence-electron chi connectivity index (χ1n) is 13.7. The first-order chi connectivity index (χ1) is 20.2. The Balaban J connectivity index is 1.34. The van der Waals surface area contributed by atoms with Gasteiger partial charge in [0.15, 0.2) is 0 Å². The number of methoxy groups -OCH3 is 1. The molecule has 1 aliphatic carbocycles. The van der Waals surface area contributed by atoms with E-state index in [9.17, 15) is 18.0 Å². The molecule has 0 atom stereocenters. The van der Waals surface area contributed by atoms with E-state index in [-0.39, 0.29) is 11.3 Å². The summed E-state index contributed by atoms with van der Waals surface area (Å²) in [6.45, 7) is 0.839. The quantitative estimate of drug-likeness (QED) is 0.216. The number of hydrogen-bond acceptors (Lipinski definition) is 7. The van der Waals surface area contributed by atoms with Gasteiger partial charge in [-0.05, 0) is 42.7 Å². The molecule has 0 unspecified atom stereocenters. The van der Waals surface area contributed by atoms with Crippen LogP contribution in [0.15, 0.2) is 67.3 Å². The summed E-state index contributed by atoms with van der Waals surface area (Å²) in [6.07, 6.45) is 6.65. The van der Waals surface area contributed by atoms with Gasteiger partial charge in [-0.15, -0.1) is 0 Å². The number of ether oxygens (including phenoxy) is 1. The number of rotatable bonds is 10. The van der Waals surface area contributed by atoms with E-state index in [0.29, 0.717) is 29.0 Å². The lowest BCUT2D eigenvalue weighted by Gasteiger charge is -2.20. The lowest BCUT2D eigenvalue weighted by molar-refractivity contribution is -0.137. The minimum atomic E-state index is -4.52. The minimum Gasteiger partial charge on any atom is -0.497 e. The maximum atomic E-state index is 13.3. The van der Waals surface area contributed by atoms with Crippen molar-refractivity contribution in [3.8, 4) is 11.6 Å². The molecule has 0 spiro atoms. The Morgan fingerprint density at radius 1 is 1.10 bits per heavy atom. The smallest absolute Gasteiger partial charge is 0.416 e. The fraction of sp³-hybridized carbons (Fsp3) is 0.333. The van der Waals surface area contributed by atoms with Crippen LogP contribution in [0.4, 0.5) is 36.3 Å². The first-order valence-corrected chi connectivity index (χ1v) is 13.7. The van der Waals surface area contributed by atoms with Crippen LogP contribution in [-0.2, 0) is 6.18 Å². The van der Waals surface area contributed by atoms with Crippen molar-refractivity contribution in [2.75, 3.05) is 36.2 Å². The zero-order chi connectivity index (χ0) is 29.7. The van der Waals surface area contributed by atoms with Crippen molar-refractivity contribution in [2.45, 2.75) is 38.3 Å². The summed E-state index contributed by atoms with van der Waals surface area (Å²) in [5, 5.41) is 6.59. The maximum Gasteiger partial charge on any atom is 0.416 e. The highest BCUT2D eigenvalue weighted by molar-refractivity contribution is 6.06. The van der Waals surface area contributed by atoms with E-state index in [1.54, 1.807) is 29.1 Å². The number of halogens is 3. The van der Waals surface area contributed by atoms with Gasteiger partial charge in [-0.2, -0.15) is 13.2 Å². The molecule has 0 saturated heterocycles. The number of nitrogens with one attached hydrogen (secondary N) is 2. The second-order valence-electron chi connectivity index (χ2n) is 10.2. The number of carbonyl (C=O) groups is 1. The second kappa shape index (κ2) is 12.5. The molecule has 2 aromatic heterocycles. The fourth-order valence-electron chi connectivity index (χ4n) is 5.10. The zero-order valence-corrected chi connectivity index (χ0v) is 23.4. The molecule has 1 aliphatic rings. The summed E-state index contributed by atoms with van der Waals surface area (Å²) in [5.41, 5.74) is -0.0206. The number of alkyl halides is 3. The van der Waals surface area contributed by atoms with Crippen LogP contribution < -0.4 is 20.3 Å². The van der Waals surface area contributed by atoms with Gasteiger partial charge in [0.05, 0.1) is 12.7 Å². The summed E-state index contributed by atoms with van der Waals surface area (Å²) in [5.74, 6) is 2.39. The van der Waals surface area contributed by atoms with Gasteiger partial charge in [-0.1, -0.05) is 31.7 Å². The lowest BCUT2D eigenvalue weighted by Crippen LogP contribution is -2.26. The molecule has 220 valence electrons. The topological polar surface area (TPSA) is 97.2 Å². The zero-order valence-electron chi connectivity index (χ0n) is 23.4. The highest BCUT2D eigenvalue weighted by atomic mass is 19.4. The average Bonchev–Trinajstić information content (AvgIpc) is 3.68. The molecule has 1 fully saturated rings. The summed E-state index contributed by atoms with van der Waals surface area (Å²) in [4.78, 5) is 27.7. The Kier molecular flexibility index (Phi) is 8.60. The van der Waals surface area contributed by atoms with Gasteiger partial charge in [0, 0.05) is 55.1 Å².